The average molecular weight is 525 g/mol. The summed E-state index contributed by atoms with van der Waals surface area (Å²) in [4.78, 5) is 11.7. The summed E-state index contributed by atoms with van der Waals surface area (Å²) in [7, 11) is 6.09. The van der Waals surface area contributed by atoms with Gasteiger partial charge in [0, 0.05) is 54.9 Å². The first kappa shape index (κ1) is 25.0. The molecule has 0 bridgehead atoms. The molecule has 1 aliphatic rings. The van der Waals surface area contributed by atoms with E-state index in [2.05, 4.69) is 49.7 Å². The first-order valence-electron chi connectivity index (χ1n) is 13.1. The van der Waals surface area contributed by atoms with Crippen LogP contribution in [0.5, 0.6) is 0 Å². The number of benzene rings is 1. The van der Waals surface area contributed by atoms with Crippen LogP contribution in [-0.2, 0) is 33.0 Å². The zero-order valence-electron chi connectivity index (χ0n) is 22.4. The van der Waals surface area contributed by atoms with E-state index < -0.39 is 0 Å². The minimum absolute atomic E-state index is 0.0634. The standard InChI is InChI=1S/C28H32N10O/c1-35(2)12-13-37-11-10-24(34-37)31-28-29-16-21-8-9-23-25(26(21)32-28)27(36(3)33-23)20-6-4-19(5-7-20)22-17-30-38(18-22)14-15-39/h4-7,10-11,16-18,39H,8-9,12-15H2,1-3H3,(H,29,31,32,34). The summed E-state index contributed by atoms with van der Waals surface area (Å²) in [6.45, 7) is 2.27. The highest BCUT2D eigenvalue weighted by Gasteiger charge is 2.27. The fraction of sp³-hybridized carbons (Fsp3) is 0.321. The van der Waals surface area contributed by atoms with Crippen LogP contribution >= 0.6 is 0 Å². The molecule has 4 aromatic heterocycles. The maximum atomic E-state index is 9.17. The van der Waals surface area contributed by atoms with Crippen molar-refractivity contribution in [2.24, 2.45) is 7.05 Å². The van der Waals surface area contributed by atoms with Crippen molar-refractivity contribution in [3.05, 3.63) is 66.4 Å². The molecule has 0 spiro atoms. The Kier molecular flexibility index (Phi) is 6.67. The number of aryl methyl sites for hydroxylation is 3. The van der Waals surface area contributed by atoms with E-state index in [-0.39, 0.29) is 6.61 Å². The number of nitrogens with zero attached hydrogens (tertiary/aromatic N) is 9. The van der Waals surface area contributed by atoms with E-state index in [1.165, 1.54) is 0 Å². The number of likely N-dealkylation sites (N-methyl/N-ethyl adjacent to an activating group) is 1. The zero-order valence-corrected chi connectivity index (χ0v) is 22.4. The summed E-state index contributed by atoms with van der Waals surface area (Å²) in [6, 6.07) is 10.4. The molecule has 0 fully saturated rings. The van der Waals surface area contributed by atoms with Crippen LogP contribution in [0.1, 0.15) is 11.3 Å². The lowest BCUT2D eigenvalue weighted by Crippen LogP contribution is -2.18. The Balaban J connectivity index is 1.29. The van der Waals surface area contributed by atoms with Gasteiger partial charge in [-0.15, -0.1) is 0 Å². The van der Waals surface area contributed by atoms with Crippen molar-refractivity contribution < 1.29 is 5.11 Å². The molecule has 0 saturated carbocycles. The summed E-state index contributed by atoms with van der Waals surface area (Å²) in [5, 5.41) is 26.2. The van der Waals surface area contributed by atoms with Crippen molar-refractivity contribution in [2.45, 2.75) is 25.9 Å². The van der Waals surface area contributed by atoms with E-state index in [1.54, 1.807) is 4.68 Å². The lowest BCUT2D eigenvalue weighted by atomic mass is 9.91. The van der Waals surface area contributed by atoms with Crippen molar-refractivity contribution >= 4 is 11.8 Å². The molecule has 11 heteroatoms. The monoisotopic (exact) mass is 524 g/mol. The molecular weight excluding hydrogens is 492 g/mol. The maximum Gasteiger partial charge on any atom is 0.228 e. The molecule has 1 aliphatic carbocycles. The minimum Gasteiger partial charge on any atom is -0.394 e. The third-order valence-corrected chi connectivity index (χ3v) is 6.96. The van der Waals surface area contributed by atoms with Gasteiger partial charge >= 0.3 is 0 Å². The fourth-order valence-corrected chi connectivity index (χ4v) is 4.98. The third kappa shape index (κ3) is 5.06. The van der Waals surface area contributed by atoms with Crippen molar-refractivity contribution in [3.63, 3.8) is 0 Å². The first-order chi connectivity index (χ1) is 19.0. The number of anilines is 2. The minimum atomic E-state index is 0.0634. The second kappa shape index (κ2) is 10.4. The molecule has 11 nitrogen and oxygen atoms in total. The summed E-state index contributed by atoms with van der Waals surface area (Å²) in [6.07, 6.45) is 9.36. The smallest absolute Gasteiger partial charge is 0.228 e. The molecule has 0 unspecified atom stereocenters. The summed E-state index contributed by atoms with van der Waals surface area (Å²) in [5.41, 5.74) is 8.32. The van der Waals surface area contributed by atoms with Crippen LogP contribution in [0.15, 0.2) is 55.1 Å². The van der Waals surface area contributed by atoms with E-state index in [0.717, 1.165) is 70.8 Å². The van der Waals surface area contributed by atoms with Crippen LogP contribution in [0.2, 0.25) is 0 Å². The average Bonchev–Trinajstić information content (AvgIpc) is 3.66. The number of fused-ring (bicyclic) bond motifs is 3. The van der Waals surface area contributed by atoms with Crippen molar-refractivity contribution in [3.8, 4) is 33.6 Å². The predicted molar refractivity (Wildman–Crippen MR) is 149 cm³/mol. The fourth-order valence-electron chi connectivity index (χ4n) is 4.98. The Labute approximate surface area is 226 Å². The van der Waals surface area contributed by atoms with Gasteiger partial charge in [-0.05, 0) is 38.1 Å². The third-order valence-electron chi connectivity index (χ3n) is 6.96. The summed E-state index contributed by atoms with van der Waals surface area (Å²) in [5.74, 6) is 1.23. The second-order valence-corrected chi connectivity index (χ2v) is 10.0. The molecule has 6 rings (SSSR count). The van der Waals surface area contributed by atoms with Gasteiger partial charge in [0.1, 0.15) is 0 Å². The molecule has 200 valence electrons. The molecule has 0 amide bonds. The zero-order chi connectivity index (χ0) is 26.9. The van der Waals surface area contributed by atoms with Gasteiger partial charge < -0.3 is 15.3 Å². The van der Waals surface area contributed by atoms with E-state index in [9.17, 15) is 5.11 Å². The Morgan fingerprint density at radius 1 is 0.949 bits per heavy atom. The van der Waals surface area contributed by atoms with Crippen LogP contribution in [0, 0.1) is 0 Å². The van der Waals surface area contributed by atoms with Crippen molar-refractivity contribution in [2.75, 3.05) is 32.6 Å². The van der Waals surface area contributed by atoms with Crippen LogP contribution in [0.4, 0.5) is 11.8 Å². The SMILES string of the molecule is CN(C)CCn1ccc(Nc2ncc3c(n2)-c2c(nn(C)c2-c2ccc(-c4cnn(CCO)c4)cc2)CC3)n1. The topological polar surface area (TPSA) is 115 Å². The molecule has 39 heavy (non-hydrogen) atoms. The Bertz CT molecular complexity index is 1600. The van der Waals surface area contributed by atoms with Gasteiger partial charge in [0.05, 0.1) is 43.0 Å². The van der Waals surface area contributed by atoms with Gasteiger partial charge in [0.2, 0.25) is 5.95 Å². The predicted octanol–water partition coefficient (Wildman–Crippen LogP) is 3.00. The molecule has 5 aromatic rings. The summed E-state index contributed by atoms with van der Waals surface area (Å²) < 4.78 is 5.62. The quantitative estimate of drug-likeness (QED) is 0.303. The largest absolute Gasteiger partial charge is 0.394 e. The van der Waals surface area contributed by atoms with Gasteiger partial charge in [-0.2, -0.15) is 15.3 Å². The van der Waals surface area contributed by atoms with Crippen LogP contribution in [0.3, 0.4) is 0 Å². The highest BCUT2D eigenvalue weighted by atomic mass is 16.3. The van der Waals surface area contributed by atoms with Gasteiger partial charge in [0.15, 0.2) is 5.82 Å². The highest BCUT2D eigenvalue weighted by molar-refractivity contribution is 5.85. The number of hydrogen-bond acceptors (Lipinski definition) is 8. The van der Waals surface area contributed by atoms with Gasteiger partial charge in [0.25, 0.3) is 0 Å². The van der Waals surface area contributed by atoms with E-state index in [1.807, 2.05) is 61.4 Å². The maximum absolute atomic E-state index is 9.17. The second-order valence-electron chi connectivity index (χ2n) is 10.0. The number of rotatable bonds is 9. The Morgan fingerprint density at radius 3 is 2.56 bits per heavy atom. The molecule has 2 N–H and O–H groups in total. The molecular formula is C28H32N10O. The van der Waals surface area contributed by atoms with E-state index >= 15 is 0 Å². The van der Waals surface area contributed by atoms with E-state index in [0.29, 0.717) is 18.3 Å². The van der Waals surface area contributed by atoms with Crippen molar-refractivity contribution in [1.82, 2.24) is 44.2 Å². The first-order valence-corrected chi connectivity index (χ1v) is 13.1. The number of aliphatic hydroxyl groups is 1. The van der Waals surface area contributed by atoms with Gasteiger partial charge in [-0.1, -0.05) is 24.3 Å². The number of aliphatic hydroxyl groups excluding tert-OH is 1. The number of nitrogens with one attached hydrogen (secondary N) is 1. The Morgan fingerprint density at radius 2 is 1.77 bits per heavy atom. The molecule has 0 radical (unpaired) electrons. The molecule has 0 aliphatic heterocycles. The molecule has 0 saturated heterocycles. The Hall–Kier alpha value is -4.35. The van der Waals surface area contributed by atoms with Crippen LogP contribution in [0.25, 0.3) is 33.6 Å². The normalized spacial score (nSPS) is 12.5. The summed E-state index contributed by atoms with van der Waals surface area (Å²) >= 11 is 0. The molecule has 0 atom stereocenters. The number of aromatic nitrogens is 8. The lowest BCUT2D eigenvalue weighted by molar-refractivity contribution is 0.269. The lowest BCUT2D eigenvalue weighted by Gasteiger charge is -2.17. The van der Waals surface area contributed by atoms with E-state index in [4.69, 9.17) is 10.1 Å². The van der Waals surface area contributed by atoms with Crippen LogP contribution < -0.4 is 5.32 Å². The molecule has 4 heterocycles. The highest BCUT2D eigenvalue weighted by Crippen LogP contribution is 2.40. The number of hydrogen-bond donors (Lipinski definition) is 2. The van der Waals surface area contributed by atoms with Crippen LogP contribution in [-0.4, -0.2) is 76.6 Å². The molecule has 1 aromatic carbocycles. The van der Waals surface area contributed by atoms with Crippen molar-refractivity contribution in [1.29, 1.82) is 0 Å². The van der Waals surface area contributed by atoms with Gasteiger partial charge in [-0.25, -0.2) is 9.97 Å². The van der Waals surface area contributed by atoms with Gasteiger partial charge in [-0.3, -0.25) is 14.0 Å².